The molecule has 0 aliphatic rings. The second kappa shape index (κ2) is 70.8. The Morgan fingerprint density at radius 3 is 0.795 bits per heavy atom. The lowest BCUT2D eigenvalue weighted by Crippen LogP contribution is -2.30. The molecule has 0 radical (unpaired) electrons. The van der Waals surface area contributed by atoms with Crippen LogP contribution in [0.2, 0.25) is 0 Å². The zero-order valence-corrected chi connectivity index (χ0v) is 54.9. The van der Waals surface area contributed by atoms with E-state index in [1.165, 1.54) is 205 Å². The van der Waals surface area contributed by atoms with Gasteiger partial charge >= 0.3 is 17.9 Å². The van der Waals surface area contributed by atoms with Gasteiger partial charge in [0.05, 0.1) is 0 Å². The molecule has 0 saturated carbocycles. The van der Waals surface area contributed by atoms with Crippen LogP contribution in [0.1, 0.15) is 355 Å². The van der Waals surface area contributed by atoms with E-state index in [1.54, 1.807) is 0 Å². The molecule has 1 unspecified atom stereocenters. The van der Waals surface area contributed by atoms with Crippen LogP contribution in [-0.2, 0) is 28.6 Å². The summed E-state index contributed by atoms with van der Waals surface area (Å²) in [5.74, 6) is -0.921. The van der Waals surface area contributed by atoms with Gasteiger partial charge in [-0.25, -0.2) is 0 Å². The standard InChI is InChI=1S/C77H134O6/c1-4-7-10-13-16-19-22-24-26-28-30-31-32-33-34-35-36-37-38-39-40-41-42-43-44-45-47-48-50-52-55-58-61-64-67-70-76(79)82-73-74(72-81-75(78)69-66-63-60-57-54-21-18-15-12-9-6-3)83-77(80)71-68-65-62-59-56-53-51-49-46-29-27-25-23-20-17-14-11-8-5-2/h8,11,15,17-18,20,22,24-25,27-28,30,46,49,53,56,74H,4-7,9-10,12-14,16,19,21,23,26,29,31-45,47-48,50-52,54-55,57-73H2,1-3H3/b11-8-,18-15-,20-17-,24-22-,27-25-,30-28-,49-46-,56-53-. The summed E-state index contributed by atoms with van der Waals surface area (Å²) in [6, 6.07) is 0. The molecule has 0 aliphatic carbocycles. The summed E-state index contributed by atoms with van der Waals surface area (Å²) in [4.78, 5) is 38.3. The second-order valence-corrected chi connectivity index (χ2v) is 23.8. The molecular formula is C77H134O6. The minimum absolute atomic E-state index is 0.0909. The highest BCUT2D eigenvalue weighted by atomic mass is 16.6. The Morgan fingerprint density at radius 2 is 0.482 bits per heavy atom. The summed E-state index contributed by atoms with van der Waals surface area (Å²) in [7, 11) is 0. The van der Waals surface area contributed by atoms with Crippen LogP contribution in [0.5, 0.6) is 0 Å². The molecule has 0 amide bonds. The Labute approximate surface area is 515 Å². The van der Waals surface area contributed by atoms with Crippen LogP contribution in [0.3, 0.4) is 0 Å². The summed E-state index contributed by atoms with van der Waals surface area (Å²) in [6.45, 7) is 6.48. The van der Waals surface area contributed by atoms with Crippen LogP contribution in [0.15, 0.2) is 97.2 Å². The van der Waals surface area contributed by atoms with Gasteiger partial charge in [-0.1, -0.05) is 317 Å². The quantitative estimate of drug-likeness (QED) is 0.0261. The number of hydrogen-bond donors (Lipinski definition) is 0. The largest absolute Gasteiger partial charge is 0.462 e. The number of rotatable bonds is 65. The SMILES string of the molecule is CC/C=C\C/C=C\C/C=C\C/C=C\C/C=C\CCCCCC(=O)OC(COC(=O)CCCCCCC/C=C\CCCC)COC(=O)CCCCCCCCCCCCCCCCCCCCCCCCC/C=C\C/C=C\CCCCCCC. The van der Waals surface area contributed by atoms with E-state index in [0.29, 0.717) is 12.8 Å². The topological polar surface area (TPSA) is 78.9 Å². The van der Waals surface area contributed by atoms with Gasteiger partial charge in [-0.2, -0.15) is 0 Å². The van der Waals surface area contributed by atoms with Crippen molar-refractivity contribution in [3.8, 4) is 0 Å². The van der Waals surface area contributed by atoms with Gasteiger partial charge in [0.15, 0.2) is 6.10 Å². The molecule has 0 spiro atoms. The van der Waals surface area contributed by atoms with Crippen molar-refractivity contribution >= 4 is 17.9 Å². The van der Waals surface area contributed by atoms with E-state index in [9.17, 15) is 14.4 Å². The zero-order valence-electron chi connectivity index (χ0n) is 54.9. The lowest BCUT2D eigenvalue weighted by atomic mass is 10.0. The maximum Gasteiger partial charge on any atom is 0.306 e. The zero-order chi connectivity index (χ0) is 59.9. The van der Waals surface area contributed by atoms with Gasteiger partial charge in [0, 0.05) is 19.3 Å². The highest BCUT2D eigenvalue weighted by Gasteiger charge is 2.19. The minimum Gasteiger partial charge on any atom is -0.462 e. The number of carbonyl (C=O) groups is 3. The number of allylic oxidation sites excluding steroid dienone is 16. The van der Waals surface area contributed by atoms with Gasteiger partial charge in [-0.15, -0.1) is 0 Å². The lowest BCUT2D eigenvalue weighted by Gasteiger charge is -2.18. The summed E-state index contributed by atoms with van der Waals surface area (Å²) >= 11 is 0. The molecule has 0 aromatic rings. The van der Waals surface area contributed by atoms with E-state index in [2.05, 4.69) is 118 Å². The maximum atomic E-state index is 12.9. The molecule has 6 heteroatoms. The summed E-state index contributed by atoms with van der Waals surface area (Å²) in [5.41, 5.74) is 0. The Kier molecular flexibility index (Phi) is 67.7. The smallest absolute Gasteiger partial charge is 0.306 e. The number of esters is 3. The third-order valence-electron chi connectivity index (χ3n) is 15.5. The van der Waals surface area contributed by atoms with Gasteiger partial charge in [0.25, 0.3) is 0 Å². The van der Waals surface area contributed by atoms with Crippen molar-refractivity contribution in [2.75, 3.05) is 13.2 Å². The molecule has 83 heavy (non-hydrogen) atoms. The van der Waals surface area contributed by atoms with Gasteiger partial charge in [-0.3, -0.25) is 14.4 Å². The number of ether oxygens (including phenoxy) is 3. The molecule has 0 aromatic carbocycles. The Balaban J connectivity index is 4.12. The van der Waals surface area contributed by atoms with E-state index < -0.39 is 6.10 Å². The predicted molar refractivity (Wildman–Crippen MR) is 362 cm³/mol. The van der Waals surface area contributed by atoms with Gasteiger partial charge in [-0.05, 0) is 116 Å². The van der Waals surface area contributed by atoms with Crippen LogP contribution in [0.25, 0.3) is 0 Å². The third kappa shape index (κ3) is 69.0. The van der Waals surface area contributed by atoms with Gasteiger partial charge < -0.3 is 14.2 Å². The van der Waals surface area contributed by atoms with E-state index >= 15 is 0 Å². The molecule has 6 nitrogen and oxygen atoms in total. The average molecular weight is 1160 g/mol. The van der Waals surface area contributed by atoms with Crippen molar-refractivity contribution in [1.82, 2.24) is 0 Å². The minimum atomic E-state index is -0.798. The van der Waals surface area contributed by atoms with E-state index in [1.807, 2.05) is 0 Å². The van der Waals surface area contributed by atoms with Crippen LogP contribution in [0, 0.1) is 0 Å². The average Bonchev–Trinajstić information content (AvgIpc) is 3.48. The molecule has 0 saturated heterocycles. The third-order valence-corrected chi connectivity index (χ3v) is 15.5. The van der Waals surface area contributed by atoms with Crippen molar-refractivity contribution < 1.29 is 28.6 Å². The van der Waals surface area contributed by atoms with Crippen molar-refractivity contribution in [2.24, 2.45) is 0 Å². The van der Waals surface area contributed by atoms with Crippen LogP contribution >= 0.6 is 0 Å². The molecule has 478 valence electrons. The maximum absolute atomic E-state index is 12.9. The number of unbranched alkanes of at least 4 members (excludes halogenated alkanes) is 38. The van der Waals surface area contributed by atoms with Gasteiger partial charge in [0.1, 0.15) is 13.2 Å². The molecule has 0 bridgehead atoms. The molecule has 0 aromatic heterocycles. The molecule has 0 rings (SSSR count). The van der Waals surface area contributed by atoms with E-state index in [4.69, 9.17) is 14.2 Å². The molecule has 0 N–H and O–H groups in total. The summed E-state index contributed by atoms with van der Waals surface area (Å²) in [6.07, 6.45) is 96.1. The van der Waals surface area contributed by atoms with Crippen LogP contribution in [0.4, 0.5) is 0 Å². The Hall–Kier alpha value is -3.67. The first-order valence-electron chi connectivity index (χ1n) is 35.7. The molecule has 0 heterocycles. The summed E-state index contributed by atoms with van der Waals surface area (Å²) < 4.78 is 16.9. The lowest BCUT2D eigenvalue weighted by molar-refractivity contribution is -0.167. The normalized spacial score (nSPS) is 12.7. The van der Waals surface area contributed by atoms with E-state index in [0.717, 1.165) is 109 Å². The van der Waals surface area contributed by atoms with Crippen molar-refractivity contribution in [1.29, 1.82) is 0 Å². The van der Waals surface area contributed by atoms with Crippen molar-refractivity contribution in [3.05, 3.63) is 97.2 Å². The van der Waals surface area contributed by atoms with Crippen LogP contribution in [-0.4, -0.2) is 37.2 Å². The highest BCUT2D eigenvalue weighted by molar-refractivity contribution is 5.71. The molecule has 0 aliphatic heterocycles. The Morgan fingerprint density at radius 1 is 0.253 bits per heavy atom. The fraction of sp³-hybridized carbons (Fsp3) is 0.753. The monoisotopic (exact) mass is 1160 g/mol. The van der Waals surface area contributed by atoms with Crippen molar-refractivity contribution in [2.45, 2.75) is 361 Å². The molecule has 0 fully saturated rings. The van der Waals surface area contributed by atoms with Gasteiger partial charge in [0.2, 0.25) is 0 Å². The Bertz CT molecular complexity index is 1610. The highest BCUT2D eigenvalue weighted by Crippen LogP contribution is 2.18. The molecular weight excluding hydrogens is 1020 g/mol. The van der Waals surface area contributed by atoms with Crippen LogP contribution < -0.4 is 0 Å². The second-order valence-electron chi connectivity index (χ2n) is 23.8. The van der Waals surface area contributed by atoms with Crippen molar-refractivity contribution in [3.63, 3.8) is 0 Å². The number of carbonyl (C=O) groups excluding carboxylic acids is 3. The predicted octanol–water partition coefficient (Wildman–Crippen LogP) is 24.8. The first-order chi connectivity index (χ1) is 41.0. The first kappa shape index (κ1) is 79.3. The number of hydrogen-bond acceptors (Lipinski definition) is 6. The van der Waals surface area contributed by atoms with E-state index in [-0.39, 0.29) is 37.5 Å². The summed E-state index contributed by atoms with van der Waals surface area (Å²) in [5, 5.41) is 0. The fourth-order valence-electron chi connectivity index (χ4n) is 10.2. The fourth-order valence-corrected chi connectivity index (χ4v) is 10.2. The molecule has 1 atom stereocenters. The first-order valence-corrected chi connectivity index (χ1v) is 35.7.